The molecule has 2 fully saturated rings. The third-order valence-corrected chi connectivity index (χ3v) is 4.46. The van der Waals surface area contributed by atoms with Gasteiger partial charge in [-0.25, -0.2) is 0 Å². The Morgan fingerprint density at radius 1 is 1.07 bits per heavy atom. The van der Waals surface area contributed by atoms with E-state index in [2.05, 4.69) is 18.7 Å². The minimum Gasteiger partial charge on any atom is -0.394 e. The molecule has 1 N–H and O–H groups in total. The molecule has 2 heteroatoms. The van der Waals surface area contributed by atoms with Crippen LogP contribution in [-0.4, -0.2) is 35.2 Å². The van der Waals surface area contributed by atoms with Gasteiger partial charge >= 0.3 is 0 Å². The maximum atomic E-state index is 9.33. The Balaban J connectivity index is 1.90. The lowest BCUT2D eigenvalue weighted by Gasteiger charge is -2.56. The summed E-state index contributed by atoms with van der Waals surface area (Å²) in [5.41, 5.74) is 0.625. The number of nitrogens with zero attached hydrogens (tertiary/aromatic N) is 1. The number of likely N-dealkylation sites (tertiary alicyclic amines) is 1. The van der Waals surface area contributed by atoms with E-state index in [0.717, 1.165) is 0 Å². The van der Waals surface area contributed by atoms with Crippen molar-refractivity contribution in [3.63, 3.8) is 0 Å². The Kier molecular flexibility index (Phi) is 3.09. The number of aliphatic hydroxyl groups is 1. The average molecular weight is 211 g/mol. The molecule has 1 heterocycles. The summed E-state index contributed by atoms with van der Waals surface area (Å²) in [7, 11) is 0. The molecule has 2 aliphatic rings. The van der Waals surface area contributed by atoms with Gasteiger partial charge in [-0.2, -0.15) is 0 Å². The molecule has 1 aliphatic heterocycles. The van der Waals surface area contributed by atoms with Crippen molar-refractivity contribution >= 4 is 0 Å². The standard InChI is InChI=1S/C13H25NO/c1-12(2,11-15)14-9-13(10-14)7-5-3-4-6-8-13/h15H,3-11H2,1-2H3. The van der Waals surface area contributed by atoms with Crippen molar-refractivity contribution in [2.45, 2.75) is 57.9 Å². The maximum Gasteiger partial charge on any atom is 0.0610 e. The van der Waals surface area contributed by atoms with Crippen molar-refractivity contribution in [2.24, 2.45) is 5.41 Å². The van der Waals surface area contributed by atoms with E-state index < -0.39 is 0 Å². The molecule has 1 saturated carbocycles. The average Bonchev–Trinajstić information content (AvgIpc) is 2.40. The number of hydrogen-bond acceptors (Lipinski definition) is 2. The highest BCUT2D eigenvalue weighted by molar-refractivity contribution is 5.01. The molecular formula is C13H25NO. The Labute approximate surface area is 93.7 Å². The van der Waals surface area contributed by atoms with Crippen molar-refractivity contribution < 1.29 is 5.11 Å². The number of rotatable bonds is 2. The van der Waals surface area contributed by atoms with E-state index in [1.54, 1.807) is 0 Å². The second kappa shape index (κ2) is 4.06. The third-order valence-electron chi connectivity index (χ3n) is 4.46. The molecule has 0 aromatic rings. The third kappa shape index (κ3) is 2.21. The Morgan fingerprint density at radius 3 is 2.07 bits per heavy atom. The zero-order chi connectivity index (χ0) is 10.9. The Morgan fingerprint density at radius 2 is 1.60 bits per heavy atom. The van der Waals surface area contributed by atoms with Crippen LogP contribution in [0.2, 0.25) is 0 Å². The Bertz CT molecular complexity index is 209. The lowest BCUT2D eigenvalue weighted by Crippen LogP contribution is -2.64. The first-order valence-corrected chi connectivity index (χ1v) is 6.44. The molecule has 0 aromatic carbocycles. The minimum absolute atomic E-state index is 0.00243. The highest BCUT2D eigenvalue weighted by Crippen LogP contribution is 2.45. The fourth-order valence-electron chi connectivity index (χ4n) is 3.09. The molecule has 1 spiro atoms. The molecule has 2 nitrogen and oxygen atoms in total. The van der Waals surface area contributed by atoms with E-state index >= 15 is 0 Å². The summed E-state index contributed by atoms with van der Waals surface area (Å²) in [6.45, 7) is 7.03. The highest BCUT2D eigenvalue weighted by atomic mass is 16.3. The van der Waals surface area contributed by atoms with Gasteiger partial charge in [0, 0.05) is 18.6 Å². The zero-order valence-electron chi connectivity index (χ0n) is 10.3. The van der Waals surface area contributed by atoms with E-state index in [4.69, 9.17) is 0 Å². The van der Waals surface area contributed by atoms with Gasteiger partial charge in [-0.1, -0.05) is 25.7 Å². The van der Waals surface area contributed by atoms with Crippen LogP contribution in [-0.2, 0) is 0 Å². The fraction of sp³-hybridized carbons (Fsp3) is 1.00. The van der Waals surface area contributed by atoms with Crippen molar-refractivity contribution in [2.75, 3.05) is 19.7 Å². The lowest BCUT2D eigenvalue weighted by atomic mass is 9.71. The number of hydrogen-bond donors (Lipinski definition) is 1. The summed E-state index contributed by atoms with van der Waals surface area (Å²) in [6, 6.07) is 0. The van der Waals surface area contributed by atoms with Crippen LogP contribution in [0.1, 0.15) is 52.4 Å². The fourth-order valence-corrected chi connectivity index (χ4v) is 3.09. The summed E-state index contributed by atoms with van der Waals surface area (Å²) in [4.78, 5) is 2.46. The van der Waals surface area contributed by atoms with Crippen LogP contribution in [0.3, 0.4) is 0 Å². The molecule has 0 aromatic heterocycles. The van der Waals surface area contributed by atoms with Crippen LogP contribution in [0.5, 0.6) is 0 Å². The first kappa shape index (κ1) is 11.4. The zero-order valence-corrected chi connectivity index (χ0v) is 10.3. The van der Waals surface area contributed by atoms with Crippen LogP contribution >= 0.6 is 0 Å². The van der Waals surface area contributed by atoms with Gasteiger partial charge in [-0.3, -0.25) is 4.90 Å². The van der Waals surface area contributed by atoms with Crippen molar-refractivity contribution in [3.8, 4) is 0 Å². The minimum atomic E-state index is -0.00243. The molecule has 0 unspecified atom stereocenters. The van der Waals surface area contributed by atoms with Gasteiger partial charge in [0.25, 0.3) is 0 Å². The molecule has 0 radical (unpaired) electrons. The van der Waals surface area contributed by atoms with E-state index in [-0.39, 0.29) is 12.1 Å². The van der Waals surface area contributed by atoms with E-state index in [1.165, 1.54) is 51.6 Å². The molecule has 0 amide bonds. The van der Waals surface area contributed by atoms with Gasteiger partial charge in [-0.05, 0) is 32.1 Å². The monoisotopic (exact) mass is 211 g/mol. The van der Waals surface area contributed by atoms with Gasteiger partial charge in [0.15, 0.2) is 0 Å². The summed E-state index contributed by atoms with van der Waals surface area (Å²) in [5.74, 6) is 0. The van der Waals surface area contributed by atoms with Crippen LogP contribution in [0.15, 0.2) is 0 Å². The van der Waals surface area contributed by atoms with E-state index in [1.807, 2.05) is 0 Å². The summed E-state index contributed by atoms with van der Waals surface area (Å²) in [6.07, 6.45) is 8.56. The second-order valence-electron chi connectivity index (χ2n) is 6.24. The van der Waals surface area contributed by atoms with Gasteiger partial charge in [0.1, 0.15) is 0 Å². The van der Waals surface area contributed by atoms with Gasteiger partial charge in [0.2, 0.25) is 0 Å². The SMILES string of the molecule is CC(C)(CO)N1CC2(CCCCCC2)C1. The summed E-state index contributed by atoms with van der Waals surface area (Å²) < 4.78 is 0. The summed E-state index contributed by atoms with van der Waals surface area (Å²) >= 11 is 0. The normalized spacial score (nSPS) is 27.4. The van der Waals surface area contributed by atoms with Gasteiger partial charge < -0.3 is 5.11 Å². The Hall–Kier alpha value is -0.0800. The van der Waals surface area contributed by atoms with E-state index in [9.17, 15) is 5.11 Å². The number of aliphatic hydroxyl groups excluding tert-OH is 1. The van der Waals surface area contributed by atoms with Crippen molar-refractivity contribution in [1.29, 1.82) is 0 Å². The van der Waals surface area contributed by atoms with Crippen molar-refractivity contribution in [3.05, 3.63) is 0 Å². The predicted octanol–water partition coefficient (Wildman–Crippen LogP) is 2.41. The lowest BCUT2D eigenvalue weighted by molar-refractivity contribution is -0.0899. The molecule has 1 aliphatic carbocycles. The molecular weight excluding hydrogens is 186 g/mol. The molecule has 1 saturated heterocycles. The maximum absolute atomic E-state index is 9.33. The van der Waals surface area contributed by atoms with Crippen LogP contribution in [0.4, 0.5) is 0 Å². The molecule has 0 bridgehead atoms. The van der Waals surface area contributed by atoms with Crippen molar-refractivity contribution in [1.82, 2.24) is 4.90 Å². The molecule has 88 valence electrons. The quantitative estimate of drug-likeness (QED) is 0.758. The van der Waals surface area contributed by atoms with Crippen LogP contribution in [0, 0.1) is 5.41 Å². The largest absolute Gasteiger partial charge is 0.394 e. The topological polar surface area (TPSA) is 23.5 Å². The smallest absolute Gasteiger partial charge is 0.0610 e. The second-order valence-corrected chi connectivity index (χ2v) is 6.24. The molecule has 2 rings (SSSR count). The van der Waals surface area contributed by atoms with Crippen LogP contribution in [0.25, 0.3) is 0 Å². The highest BCUT2D eigenvalue weighted by Gasteiger charge is 2.47. The summed E-state index contributed by atoms with van der Waals surface area (Å²) in [5, 5.41) is 9.33. The molecule has 0 atom stereocenters. The van der Waals surface area contributed by atoms with Gasteiger partial charge in [-0.15, -0.1) is 0 Å². The van der Waals surface area contributed by atoms with Gasteiger partial charge in [0.05, 0.1) is 6.61 Å². The van der Waals surface area contributed by atoms with Crippen LogP contribution < -0.4 is 0 Å². The first-order chi connectivity index (χ1) is 7.08. The first-order valence-electron chi connectivity index (χ1n) is 6.44. The predicted molar refractivity (Wildman–Crippen MR) is 62.9 cm³/mol. The molecule has 15 heavy (non-hydrogen) atoms. The van der Waals surface area contributed by atoms with E-state index in [0.29, 0.717) is 5.41 Å².